The molecule has 4 nitrogen and oxygen atoms in total. The normalized spacial score (nSPS) is 10.6. The van der Waals surface area contributed by atoms with Crippen LogP contribution in [0.2, 0.25) is 0 Å². The fourth-order valence-electron chi connectivity index (χ4n) is 2.51. The van der Waals surface area contributed by atoms with Gasteiger partial charge in [0, 0.05) is 12.6 Å². The molecule has 0 heterocycles. The quantitative estimate of drug-likeness (QED) is 0.841. The topological polar surface area (TPSA) is 49.4 Å². The Morgan fingerprint density at radius 3 is 2.36 bits per heavy atom. The van der Waals surface area contributed by atoms with E-state index in [-0.39, 0.29) is 36.6 Å². The van der Waals surface area contributed by atoms with Gasteiger partial charge in [0.2, 0.25) is 11.8 Å². The van der Waals surface area contributed by atoms with Crippen LogP contribution in [0, 0.1) is 5.82 Å². The molecule has 0 aliphatic carbocycles. The molecule has 0 aromatic heterocycles. The van der Waals surface area contributed by atoms with Gasteiger partial charge in [-0.2, -0.15) is 0 Å². The minimum Gasteiger partial charge on any atom is -0.347 e. The van der Waals surface area contributed by atoms with Gasteiger partial charge in [-0.3, -0.25) is 9.59 Å². The molecule has 0 saturated carbocycles. The highest BCUT2D eigenvalue weighted by Gasteiger charge is 2.18. The minimum atomic E-state index is -0.379. The van der Waals surface area contributed by atoms with E-state index in [1.54, 1.807) is 17.0 Å². The van der Waals surface area contributed by atoms with E-state index in [0.29, 0.717) is 12.1 Å². The van der Waals surface area contributed by atoms with Gasteiger partial charge in [-0.15, -0.1) is 0 Å². The average molecular weight is 342 g/mol. The van der Waals surface area contributed by atoms with Crippen molar-refractivity contribution in [2.24, 2.45) is 0 Å². The third kappa shape index (κ3) is 6.03. The summed E-state index contributed by atoms with van der Waals surface area (Å²) in [6.45, 7) is 4.31. The number of nitrogens with one attached hydrogen (secondary N) is 1. The third-order valence-corrected chi connectivity index (χ3v) is 3.83. The lowest BCUT2D eigenvalue weighted by atomic mass is 10.1. The Kier molecular flexibility index (Phi) is 6.69. The summed E-state index contributed by atoms with van der Waals surface area (Å²) in [5.41, 5.74) is 1.62. The monoisotopic (exact) mass is 342 g/mol. The molecule has 2 amide bonds. The van der Waals surface area contributed by atoms with Crippen LogP contribution in [0.25, 0.3) is 0 Å². The Morgan fingerprint density at radius 1 is 1.04 bits per heavy atom. The summed E-state index contributed by atoms with van der Waals surface area (Å²) in [4.78, 5) is 26.1. The van der Waals surface area contributed by atoms with Crippen LogP contribution in [-0.2, 0) is 22.6 Å². The molecule has 2 aromatic carbocycles. The van der Waals surface area contributed by atoms with E-state index in [1.165, 1.54) is 12.1 Å². The van der Waals surface area contributed by atoms with Crippen LogP contribution in [0.4, 0.5) is 4.39 Å². The maximum Gasteiger partial charge on any atom is 0.242 e. The summed E-state index contributed by atoms with van der Waals surface area (Å²) in [7, 11) is 0. The Balaban J connectivity index is 1.89. The molecular weight excluding hydrogens is 319 g/mol. The first-order valence-electron chi connectivity index (χ1n) is 8.30. The highest BCUT2D eigenvalue weighted by atomic mass is 19.1. The molecule has 25 heavy (non-hydrogen) atoms. The van der Waals surface area contributed by atoms with Crippen molar-refractivity contribution in [3.63, 3.8) is 0 Å². The third-order valence-electron chi connectivity index (χ3n) is 3.83. The van der Waals surface area contributed by atoms with Gasteiger partial charge in [0.15, 0.2) is 0 Å². The Morgan fingerprint density at radius 2 is 1.72 bits per heavy atom. The fourth-order valence-corrected chi connectivity index (χ4v) is 2.51. The SMILES string of the molecule is CC(C)N(Cc1ccccc1)C(=O)CNC(=O)Cc1cccc(F)c1. The molecule has 2 aromatic rings. The number of rotatable bonds is 7. The van der Waals surface area contributed by atoms with E-state index in [0.717, 1.165) is 5.56 Å². The lowest BCUT2D eigenvalue weighted by Gasteiger charge is -2.27. The lowest BCUT2D eigenvalue weighted by Crippen LogP contribution is -2.43. The van der Waals surface area contributed by atoms with Crippen molar-refractivity contribution in [2.45, 2.75) is 32.9 Å². The molecule has 0 aliphatic rings. The van der Waals surface area contributed by atoms with Crippen LogP contribution in [-0.4, -0.2) is 29.3 Å². The number of carbonyl (C=O) groups is 2. The van der Waals surface area contributed by atoms with Crippen molar-refractivity contribution in [2.75, 3.05) is 6.54 Å². The van der Waals surface area contributed by atoms with E-state index in [1.807, 2.05) is 44.2 Å². The molecular formula is C20H23FN2O2. The number of halogens is 1. The van der Waals surface area contributed by atoms with E-state index in [9.17, 15) is 14.0 Å². The average Bonchev–Trinajstić information content (AvgIpc) is 2.58. The van der Waals surface area contributed by atoms with E-state index in [4.69, 9.17) is 0 Å². The highest BCUT2D eigenvalue weighted by Crippen LogP contribution is 2.08. The van der Waals surface area contributed by atoms with Gasteiger partial charge in [0.05, 0.1) is 13.0 Å². The van der Waals surface area contributed by atoms with Crippen molar-refractivity contribution in [1.29, 1.82) is 0 Å². The zero-order valence-electron chi connectivity index (χ0n) is 14.5. The first-order chi connectivity index (χ1) is 12.0. The Bertz CT molecular complexity index is 717. The van der Waals surface area contributed by atoms with Gasteiger partial charge in [0.1, 0.15) is 5.82 Å². The Labute approximate surface area is 147 Å². The number of carbonyl (C=O) groups excluding carboxylic acids is 2. The van der Waals surface area contributed by atoms with Crippen LogP contribution in [0.15, 0.2) is 54.6 Å². The molecule has 0 unspecified atom stereocenters. The molecule has 0 saturated heterocycles. The van der Waals surface area contributed by atoms with Crippen molar-refractivity contribution >= 4 is 11.8 Å². The summed E-state index contributed by atoms with van der Waals surface area (Å²) in [5.74, 6) is -0.830. The molecule has 0 fully saturated rings. The largest absolute Gasteiger partial charge is 0.347 e. The number of amides is 2. The maximum atomic E-state index is 13.1. The summed E-state index contributed by atoms with van der Waals surface area (Å²) < 4.78 is 13.1. The number of hydrogen-bond acceptors (Lipinski definition) is 2. The van der Waals surface area contributed by atoms with Crippen LogP contribution in [0.1, 0.15) is 25.0 Å². The molecule has 0 spiro atoms. The standard InChI is InChI=1S/C20H23FN2O2/c1-15(2)23(14-16-7-4-3-5-8-16)20(25)13-22-19(24)12-17-9-6-10-18(21)11-17/h3-11,15H,12-14H2,1-2H3,(H,22,24). The second kappa shape index (κ2) is 8.97. The zero-order chi connectivity index (χ0) is 18.2. The molecule has 0 radical (unpaired) electrons. The highest BCUT2D eigenvalue weighted by molar-refractivity contribution is 5.85. The van der Waals surface area contributed by atoms with Crippen molar-refractivity contribution in [1.82, 2.24) is 10.2 Å². The van der Waals surface area contributed by atoms with Crippen molar-refractivity contribution < 1.29 is 14.0 Å². The smallest absolute Gasteiger partial charge is 0.242 e. The first kappa shape index (κ1) is 18.6. The van der Waals surface area contributed by atoms with Crippen LogP contribution in [0.3, 0.4) is 0 Å². The van der Waals surface area contributed by atoms with Gasteiger partial charge in [-0.25, -0.2) is 4.39 Å². The van der Waals surface area contributed by atoms with Gasteiger partial charge < -0.3 is 10.2 Å². The van der Waals surface area contributed by atoms with Gasteiger partial charge >= 0.3 is 0 Å². The summed E-state index contributed by atoms with van der Waals surface area (Å²) in [6.07, 6.45) is 0.0470. The maximum absolute atomic E-state index is 13.1. The number of benzene rings is 2. The van der Waals surface area contributed by atoms with Crippen molar-refractivity contribution in [3.05, 3.63) is 71.5 Å². The number of nitrogens with zero attached hydrogens (tertiary/aromatic N) is 1. The molecule has 2 rings (SSSR count). The van der Waals surface area contributed by atoms with Gasteiger partial charge in [-0.05, 0) is 37.1 Å². The Hall–Kier alpha value is -2.69. The van der Waals surface area contributed by atoms with Crippen LogP contribution < -0.4 is 5.32 Å². The molecule has 0 atom stereocenters. The molecule has 132 valence electrons. The molecule has 0 aliphatic heterocycles. The summed E-state index contributed by atoms with van der Waals surface area (Å²) in [5, 5.41) is 2.62. The van der Waals surface area contributed by atoms with E-state index in [2.05, 4.69) is 5.32 Å². The van der Waals surface area contributed by atoms with Gasteiger partial charge in [-0.1, -0.05) is 42.5 Å². The molecule has 1 N–H and O–H groups in total. The van der Waals surface area contributed by atoms with E-state index < -0.39 is 0 Å². The van der Waals surface area contributed by atoms with E-state index >= 15 is 0 Å². The van der Waals surface area contributed by atoms with Gasteiger partial charge in [0.25, 0.3) is 0 Å². The number of hydrogen-bond donors (Lipinski definition) is 1. The van der Waals surface area contributed by atoms with Crippen molar-refractivity contribution in [3.8, 4) is 0 Å². The summed E-state index contributed by atoms with van der Waals surface area (Å²) in [6, 6.07) is 15.6. The summed E-state index contributed by atoms with van der Waals surface area (Å²) >= 11 is 0. The predicted octanol–water partition coefficient (Wildman–Crippen LogP) is 2.92. The second-order valence-electron chi connectivity index (χ2n) is 6.18. The fraction of sp³-hybridized carbons (Fsp3) is 0.300. The van der Waals surface area contributed by atoms with Crippen LogP contribution in [0.5, 0.6) is 0 Å². The second-order valence-corrected chi connectivity index (χ2v) is 6.18. The lowest BCUT2D eigenvalue weighted by molar-refractivity contribution is -0.134. The molecule has 5 heteroatoms. The zero-order valence-corrected chi connectivity index (χ0v) is 14.5. The van der Waals surface area contributed by atoms with Crippen LogP contribution >= 0.6 is 0 Å². The predicted molar refractivity (Wildman–Crippen MR) is 95.2 cm³/mol. The molecule has 0 bridgehead atoms. The minimum absolute atomic E-state index is 0.0211. The first-order valence-corrected chi connectivity index (χ1v) is 8.30.